The standard InChI is InChI=1S/C17H9BrClNOS/c18-11-5-6-12(13(19)8-11)17-20-14(9-22-17)16-7-10-3-1-2-4-15(10)21-16/h1-9H. The maximum absolute atomic E-state index is 6.30. The van der Waals surface area contributed by atoms with Crippen LogP contribution < -0.4 is 0 Å². The van der Waals surface area contributed by atoms with Crippen molar-refractivity contribution in [2.24, 2.45) is 0 Å². The number of hydrogen-bond acceptors (Lipinski definition) is 3. The maximum Gasteiger partial charge on any atom is 0.154 e. The Morgan fingerprint density at radius 2 is 1.95 bits per heavy atom. The first kappa shape index (κ1) is 14.0. The Balaban J connectivity index is 1.77. The molecule has 108 valence electrons. The summed E-state index contributed by atoms with van der Waals surface area (Å²) < 4.78 is 6.81. The van der Waals surface area contributed by atoms with E-state index in [1.807, 2.05) is 53.9 Å². The van der Waals surface area contributed by atoms with Crippen molar-refractivity contribution in [2.75, 3.05) is 0 Å². The number of rotatable bonds is 2. The molecule has 2 heterocycles. The quantitative estimate of drug-likeness (QED) is 0.383. The van der Waals surface area contributed by atoms with Crippen molar-refractivity contribution in [3.8, 4) is 22.0 Å². The summed E-state index contributed by atoms with van der Waals surface area (Å²) in [5.74, 6) is 0.775. The summed E-state index contributed by atoms with van der Waals surface area (Å²) in [6.07, 6.45) is 0. The van der Waals surface area contributed by atoms with Crippen molar-refractivity contribution in [3.63, 3.8) is 0 Å². The van der Waals surface area contributed by atoms with Crippen LogP contribution in [-0.4, -0.2) is 4.98 Å². The van der Waals surface area contributed by atoms with Crippen LogP contribution in [0.4, 0.5) is 0 Å². The zero-order valence-electron chi connectivity index (χ0n) is 11.2. The molecule has 0 unspecified atom stereocenters. The summed E-state index contributed by atoms with van der Waals surface area (Å²) >= 11 is 11.3. The molecule has 0 bridgehead atoms. The van der Waals surface area contributed by atoms with Crippen molar-refractivity contribution in [3.05, 3.63) is 63.4 Å². The van der Waals surface area contributed by atoms with Gasteiger partial charge in [0, 0.05) is 20.8 Å². The third kappa shape index (κ3) is 2.47. The zero-order chi connectivity index (χ0) is 15.1. The van der Waals surface area contributed by atoms with Gasteiger partial charge in [0.2, 0.25) is 0 Å². The molecule has 4 aromatic rings. The van der Waals surface area contributed by atoms with Crippen LogP contribution in [-0.2, 0) is 0 Å². The van der Waals surface area contributed by atoms with E-state index in [0.29, 0.717) is 5.02 Å². The molecule has 2 nitrogen and oxygen atoms in total. The van der Waals surface area contributed by atoms with E-state index in [1.54, 1.807) is 11.3 Å². The Kier molecular flexibility index (Phi) is 3.53. The van der Waals surface area contributed by atoms with Crippen LogP contribution in [0.25, 0.3) is 33.0 Å². The minimum Gasteiger partial charge on any atom is -0.454 e. The Bertz CT molecular complexity index is 943. The van der Waals surface area contributed by atoms with Crippen LogP contribution in [0.1, 0.15) is 0 Å². The Labute approximate surface area is 144 Å². The van der Waals surface area contributed by atoms with E-state index in [9.17, 15) is 0 Å². The first-order valence-electron chi connectivity index (χ1n) is 6.60. The monoisotopic (exact) mass is 389 g/mol. The van der Waals surface area contributed by atoms with E-state index < -0.39 is 0 Å². The van der Waals surface area contributed by atoms with Gasteiger partial charge in [-0.25, -0.2) is 4.98 Å². The fraction of sp³-hybridized carbons (Fsp3) is 0. The summed E-state index contributed by atoms with van der Waals surface area (Å²) in [6.45, 7) is 0. The second kappa shape index (κ2) is 5.54. The lowest BCUT2D eigenvalue weighted by Crippen LogP contribution is -1.79. The van der Waals surface area contributed by atoms with Crippen LogP contribution in [0.15, 0.2) is 62.8 Å². The number of furan rings is 1. The van der Waals surface area contributed by atoms with E-state index in [2.05, 4.69) is 20.9 Å². The summed E-state index contributed by atoms with van der Waals surface area (Å²) in [5.41, 5.74) is 2.63. The molecule has 22 heavy (non-hydrogen) atoms. The van der Waals surface area contributed by atoms with Crippen molar-refractivity contribution in [2.45, 2.75) is 0 Å². The SMILES string of the molecule is Clc1cc(Br)ccc1-c1nc(-c2cc3ccccc3o2)cs1. The molecule has 0 aliphatic heterocycles. The minimum atomic E-state index is 0.680. The number of thiazole rings is 1. The summed E-state index contributed by atoms with van der Waals surface area (Å²) in [4.78, 5) is 4.66. The van der Waals surface area contributed by atoms with Gasteiger partial charge in [-0.15, -0.1) is 11.3 Å². The smallest absolute Gasteiger partial charge is 0.154 e. The number of fused-ring (bicyclic) bond motifs is 1. The number of nitrogens with zero attached hydrogens (tertiary/aromatic N) is 1. The fourth-order valence-corrected chi connectivity index (χ4v) is 3.95. The molecule has 4 rings (SSSR count). The lowest BCUT2D eigenvalue weighted by Gasteiger charge is -2.00. The highest BCUT2D eigenvalue weighted by Gasteiger charge is 2.13. The van der Waals surface area contributed by atoms with Crippen molar-refractivity contribution in [1.82, 2.24) is 4.98 Å². The number of benzene rings is 2. The highest BCUT2D eigenvalue weighted by Crippen LogP contribution is 2.35. The lowest BCUT2D eigenvalue weighted by molar-refractivity contribution is 0.629. The molecule has 0 amide bonds. The molecule has 0 spiro atoms. The molecule has 0 N–H and O–H groups in total. The fourth-order valence-electron chi connectivity index (χ4n) is 2.28. The van der Waals surface area contributed by atoms with Crippen molar-refractivity contribution < 1.29 is 4.42 Å². The molecular weight excluding hydrogens is 382 g/mol. The van der Waals surface area contributed by atoms with Gasteiger partial charge in [0.25, 0.3) is 0 Å². The summed E-state index contributed by atoms with van der Waals surface area (Å²) in [5, 5.41) is 4.63. The van der Waals surface area contributed by atoms with Crippen LogP contribution in [0, 0.1) is 0 Å². The minimum absolute atomic E-state index is 0.680. The van der Waals surface area contributed by atoms with Gasteiger partial charge in [-0.05, 0) is 30.3 Å². The first-order valence-corrected chi connectivity index (χ1v) is 8.66. The van der Waals surface area contributed by atoms with E-state index in [1.165, 1.54) is 0 Å². The van der Waals surface area contributed by atoms with Crippen LogP contribution in [0.3, 0.4) is 0 Å². The van der Waals surface area contributed by atoms with Crippen molar-refractivity contribution >= 4 is 49.8 Å². The predicted octanol–water partition coefficient (Wildman–Crippen LogP) is 6.64. The molecule has 0 aliphatic carbocycles. The Morgan fingerprint density at radius 1 is 1.09 bits per heavy atom. The van der Waals surface area contributed by atoms with Gasteiger partial charge in [-0.2, -0.15) is 0 Å². The topological polar surface area (TPSA) is 26.0 Å². The summed E-state index contributed by atoms with van der Waals surface area (Å²) in [7, 11) is 0. The van der Waals surface area contributed by atoms with Gasteiger partial charge in [0.1, 0.15) is 16.3 Å². The van der Waals surface area contributed by atoms with Crippen LogP contribution in [0.5, 0.6) is 0 Å². The third-order valence-corrected chi connectivity index (χ3v) is 5.03. The molecule has 0 aliphatic rings. The van der Waals surface area contributed by atoms with Crippen LogP contribution >= 0.6 is 38.9 Å². The molecule has 0 saturated carbocycles. The Morgan fingerprint density at radius 3 is 2.77 bits per heavy atom. The van der Waals surface area contributed by atoms with Crippen LogP contribution in [0.2, 0.25) is 5.02 Å². The second-order valence-electron chi connectivity index (χ2n) is 4.81. The number of halogens is 2. The highest BCUT2D eigenvalue weighted by molar-refractivity contribution is 9.10. The number of hydrogen-bond donors (Lipinski definition) is 0. The van der Waals surface area contributed by atoms with Crippen molar-refractivity contribution in [1.29, 1.82) is 0 Å². The van der Waals surface area contributed by atoms with Gasteiger partial charge in [0.15, 0.2) is 5.76 Å². The Hall–Kier alpha value is -1.62. The first-order chi connectivity index (χ1) is 10.7. The normalized spacial score (nSPS) is 11.2. The third-order valence-electron chi connectivity index (χ3n) is 3.34. The second-order valence-corrected chi connectivity index (χ2v) is 6.99. The van der Waals surface area contributed by atoms with Gasteiger partial charge in [-0.3, -0.25) is 0 Å². The average molecular weight is 391 g/mol. The molecule has 0 fully saturated rings. The molecule has 0 saturated heterocycles. The maximum atomic E-state index is 6.30. The molecule has 2 aromatic heterocycles. The van der Waals surface area contributed by atoms with E-state index in [0.717, 1.165) is 37.5 Å². The van der Waals surface area contributed by atoms with E-state index in [4.69, 9.17) is 16.0 Å². The molecule has 2 aromatic carbocycles. The number of para-hydroxylation sites is 1. The van der Waals surface area contributed by atoms with Gasteiger partial charge in [0.05, 0.1) is 5.02 Å². The number of aromatic nitrogens is 1. The summed E-state index contributed by atoms with van der Waals surface area (Å²) in [6, 6.07) is 15.8. The van der Waals surface area contributed by atoms with E-state index >= 15 is 0 Å². The molecule has 0 atom stereocenters. The zero-order valence-corrected chi connectivity index (χ0v) is 14.4. The van der Waals surface area contributed by atoms with Gasteiger partial charge >= 0.3 is 0 Å². The highest BCUT2D eigenvalue weighted by atomic mass is 79.9. The predicted molar refractivity (Wildman–Crippen MR) is 95.5 cm³/mol. The largest absolute Gasteiger partial charge is 0.454 e. The lowest BCUT2D eigenvalue weighted by atomic mass is 10.2. The molecule has 5 heteroatoms. The van der Waals surface area contributed by atoms with E-state index in [-0.39, 0.29) is 0 Å². The van der Waals surface area contributed by atoms with Gasteiger partial charge in [-0.1, -0.05) is 45.7 Å². The molecular formula is C17H9BrClNOS. The van der Waals surface area contributed by atoms with Gasteiger partial charge < -0.3 is 4.42 Å². The molecule has 0 radical (unpaired) electrons. The average Bonchev–Trinajstić information content (AvgIpc) is 3.13.